The Hall–Kier alpha value is -1.66. The molecule has 1 aromatic rings. The first-order chi connectivity index (χ1) is 16.0. The molecule has 184 valence electrons. The maximum atomic E-state index is 14.3. The molecule has 2 heterocycles. The molecule has 1 aliphatic carbocycles. The second-order valence-corrected chi connectivity index (χ2v) is 10.8. The van der Waals surface area contributed by atoms with Crippen LogP contribution < -0.4 is 10.2 Å². The van der Waals surface area contributed by atoms with E-state index in [1.54, 1.807) is 12.1 Å². The van der Waals surface area contributed by atoms with Crippen molar-refractivity contribution in [2.24, 2.45) is 11.8 Å². The Balaban J connectivity index is 1.34. The molecule has 2 saturated heterocycles. The van der Waals surface area contributed by atoms with Crippen molar-refractivity contribution < 1.29 is 9.18 Å². The Kier molecular flexibility index (Phi) is 8.64. The molecule has 0 bridgehead atoms. The van der Waals surface area contributed by atoms with E-state index in [2.05, 4.69) is 33.9 Å². The largest absolute Gasteiger partial charge is 0.367 e. The van der Waals surface area contributed by atoms with Gasteiger partial charge >= 0.3 is 0 Å². The molecule has 2 aliphatic heterocycles. The van der Waals surface area contributed by atoms with Crippen molar-refractivity contribution in [2.45, 2.75) is 70.9 Å². The third kappa shape index (κ3) is 6.69. The molecule has 0 aromatic heterocycles. The number of anilines is 1. The second-order valence-electron chi connectivity index (χ2n) is 10.8. The summed E-state index contributed by atoms with van der Waals surface area (Å²) in [5, 5.41) is 3.28. The molecule has 2 atom stereocenters. The number of nitrogens with zero attached hydrogens (tertiary/aromatic N) is 3. The predicted octanol–water partition coefficient (Wildman–Crippen LogP) is 4.13. The summed E-state index contributed by atoms with van der Waals surface area (Å²) in [4.78, 5) is 20.1. The van der Waals surface area contributed by atoms with E-state index < -0.39 is 0 Å². The number of piperidine rings is 1. The monoisotopic (exact) mass is 458 g/mol. The fourth-order valence-electron chi connectivity index (χ4n) is 6.23. The standard InChI is InChI=1S/C27H43FN4O/c1-21(2)19-30-14-13-25(22(20-30)11-12-27(33)29-23-7-3-4-8-23)31-15-17-32(18-16-31)26-10-6-5-9-24(26)28/h5-6,9-10,21-23,25H,3-4,7-8,11-20H2,1-2H3,(H,29,33)/t22-,25+/m0/s1. The SMILES string of the molecule is CC(C)CN1CC[C@@H](N2CCN(c3ccccc3F)CC2)[C@@H](CCC(=O)NC2CCCC2)C1. The Morgan fingerprint density at radius 3 is 2.48 bits per heavy atom. The van der Waals surface area contributed by atoms with E-state index in [0.29, 0.717) is 30.3 Å². The zero-order valence-corrected chi connectivity index (χ0v) is 20.6. The number of hydrogen-bond donors (Lipinski definition) is 1. The summed E-state index contributed by atoms with van der Waals surface area (Å²) in [6.07, 6.45) is 7.56. The van der Waals surface area contributed by atoms with Crippen LogP contribution in [0.3, 0.4) is 0 Å². The van der Waals surface area contributed by atoms with Gasteiger partial charge in [0.15, 0.2) is 0 Å². The molecule has 0 unspecified atom stereocenters. The molecule has 3 fully saturated rings. The fourth-order valence-corrected chi connectivity index (χ4v) is 6.23. The minimum Gasteiger partial charge on any atom is -0.367 e. The van der Waals surface area contributed by atoms with Gasteiger partial charge in [-0.15, -0.1) is 0 Å². The third-order valence-electron chi connectivity index (χ3n) is 7.84. The Morgan fingerprint density at radius 2 is 1.79 bits per heavy atom. The van der Waals surface area contributed by atoms with Gasteiger partial charge < -0.3 is 15.1 Å². The first kappa shape index (κ1) is 24.5. The highest BCUT2D eigenvalue weighted by molar-refractivity contribution is 5.76. The number of likely N-dealkylation sites (tertiary alicyclic amines) is 1. The molecular formula is C27H43FN4O. The highest BCUT2D eigenvalue weighted by Crippen LogP contribution is 2.29. The molecule has 1 amide bonds. The first-order valence-electron chi connectivity index (χ1n) is 13.2. The lowest BCUT2D eigenvalue weighted by atomic mass is 9.86. The van der Waals surface area contributed by atoms with Crippen molar-refractivity contribution in [3.05, 3.63) is 30.1 Å². The van der Waals surface area contributed by atoms with Gasteiger partial charge in [0.25, 0.3) is 0 Å². The van der Waals surface area contributed by atoms with Crippen LogP contribution >= 0.6 is 0 Å². The predicted molar refractivity (Wildman–Crippen MR) is 133 cm³/mol. The van der Waals surface area contributed by atoms with E-state index in [4.69, 9.17) is 0 Å². The van der Waals surface area contributed by atoms with Crippen molar-refractivity contribution in [2.75, 3.05) is 50.7 Å². The zero-order chi connectivity index (χ0) is 23.2. The van der Waals surface area contributed by atoms with Crippen LogP contribution in [-0.4, -0.2) is 73.6 Å². The lowest BCUT2D eigenvalue weighted by molar-refractivity contribution is -0.122. The summed E-state index contributed by atoms with van der Waals surface area (Å²) >= 11 is 0. The molecule has 33 heavy (non-hydrogen) atoms. The number of para-hydroxylation sites is 1. The average Bonchev–Trinajstić information content (AvgIpc) is 3.31. The molecule has 3 aliphatic rings. The van der Waals surface area contributed by atoms with Gasteiger partial charge in [0.2, 0.25) is 5.91 Å². The maximum Gasteiger partial charge on any atom is 0.220 e. The van der Waals surface area contributed by atoms with E-state index in [1.165, 1.54) is 19.3 Å². The zero-order valence-electron chi connectivity index (χ0n) is 20.6. The van der Waals surface area contributed by atoms with Gasteiger partial charge in [0, 0.05) is 57.8 Å². The van der Waals surface area contributed by atoms with E-state index in [0.717, 1.165) is 70.8 Å². The summed E-state index contributed by atoms with van der Waals surface area (Å²) in [5.41, 5.74) is 0.726. The van der Waals surface area contributed by atoms with Crippen LogP contribution in [-0.2, 0) is 4.79 Å². The number of halogens is 1. The number of rotatable bonds is 8. The van der Waals surface area contributed by atoms with E-state index >= 15 is 0 Å². The van der Waals surface area contributed by atoms with E-state index in [1.807, 2.05) is 12.1 Å². The second kappa shape index (κ2) is 11.7. The van der Waals surface area contributed by atoms with Crippen LogP contribution in [0.2, 0.25) is 0 Å². The van der Waals surface area contributed by atoms with Crippen LogP contribution in [0.1, 0.15) is 58.8 Å². The summed E-state index contributed by atoms with van der Waals surface area (Å²) < 4.78 is 14.3. The first-order valence-corrected chi connectivity index (χ1v) is 13.2. The number of piperazine rings is 1. The quantitative estimate of drug-likeness (QED) is 0.636. The molecule has 5 nitrogen and oxygen atoms in total. The summed E-state index contributed by atoms with van der Waals surface area (Å²) in [5.74, 6) is 1.30. The maximum absolute atomic E-state index is 14.3. The minimum absolute atomic E-state index is 0.126. The van der Waals surface area contributed by atoms with Gasteiger partial charge in [-0.25, -0.2) is 4.39 Å². The molecule has 4 rings (SSSR count). The Bertz CT molecular complexity index is 758. The average molecular weight is 459 g/mol. The van der Waals surface area contributed by atoms with E-state index in [-0.39, 0.29) is 11.7 Å². The number of carbonyl (C=O) groups is 1. The van der Waals surface area contributed by atoms with Crippen LogP contribution in [0.25, 0.3) is 0 Å². The molecule has 1 saturated carbocycles. The van der Waals surface area contributed by atoms with Crippen LogP contribution in [0, 0.1) is 17.7 Å². The van der Waals surface area contributed by atoms with Crippen molar-refractivity contribution in [3.8, 4) is 0 Å². The molecule has 1 aromatic carbocycles. The summed E-state index contributed by atoms with van der Waals surface area (Å²) in [6, 6.07) is 8.05. The highest BCUT2D eigenvalue weighted by atomic mass is 19.1. The number of hydrogen-bond acceptors (Lipinski definition) is 4. The van der Waals surface area contributed by atoms with Gasteiger partial charge in [-0.1, -0.05) is 38.8 Å². The van der Waals surface area contributed by atoms with Crippen molar-refractivity contribution >= 4 is 11.6 Å². The van der Waals surface area contributed by atoms with Crippen molar-refractivity contribution in [3.63, 3.8) is 0 Å². The van der Waals surface area contributed by atoms with Gasteiger partial charge in [0.1, 0.15) is 5.82 Å². The normalized spacial score (nSPS) is 25.6. The van der Waals surface area contributed by atoms with Crippen LogP contribution in [0.15, 0.2) is 24.3 Å². The fraction of sp³-hybridized carbons (Fsp3) is 0.741. The van der Waals surface area contributed by atoms with Crippen LogP contribution in [0.5, 0.6) is 0 Å². The summed E-state index contributed by atoms with van der Waals surface area (Å²) in [6.45, 7) is 11.6. The molecule has 1 N–H and O–H groups in total. The van der Waals surface area contributed by atoms with Gasteiger partial charge in [-0.05, 0) is 56.2 Å². The van der Waals surface area contributed by atoms with Gasteiger partial charge in [0.05, 0.1) is 5.69 Å². The molecule has 6 heteroatoms. The molecule has 0 spiro atoms. The minimum atomic E-state index is -0.126. The van der Waals surface area contributed by atoms with E-state index in [9.17, 15) is 9.18 Å². The Labute approximate surface area is 199 Å². The molecular weight excluding hydrogens is 415 g/mol. The lowest BCUT2D eigenvalue weighted by Crippen LogP contribution is -2.57. The number of carbonyl (C=O) groups excluding carboxylic acids is 1. The van der Waals surface area contributed by atoms with Gasteiger partial charge in [-0.3, -0.25) is 9.69 Å². The topological polar surface area (TPSA) is 38.8 Å². The smallest absolute Gasteiger partial charge is 0.220 e. The third-order valence-corrected chi connectivity index (χ3v) is 7.84. The number of amides is 1. The van der Waals surface area contributed by atoms with Crippen LogP contribution in [0.4, 0.5) is 10.1 Å². The number of nitrogens with one attached hydrogen (secondary N) is 1. The highest BCUT2D eigenvalue weighted by Gasteiger charge is 2.35. The van der Waals surface area contributed by atoms with Gasteiger partial charge in [-0.2, -0.15) is 0 Å². The lowest BCUT2D eigenvalue weighted by Gasteiger charge is -2.47. The summed E-state index contributed by atoms with van der Waals surface area (Å²) in [7, 11) is 0. The molecule has 0 radical (unpaired) electrons. The number of benzene rings is 1. The van der Waals surface area contributed by atoms with Crippen molar-refractivity contribution in [1.29, 1.82) is 0 Å². The van der Waals surface area contributed by atoms with Crippen molar-refractivity contribution in [1.82, 2.24) is 15.1 Å². The Morgan fingerprint density at radius 1 is 1.06 bits per heavy atom.